The molecule has 1 aliphatic heterocycles. The first-order valence-electron chi connectivity index (χ1n) is 5.22. The molecule has 0 radical (unpaired) electrons. The number of carbonyl (C=O) groups is 1. The van der Waals surface area contributed by atoms with Gasteiger partial charge in [-0.3, -0.25) is 4.79 Å². The predicted octanol–water partition coefficient (Wildman–Crippen LogP) is 0.364. The molecule has 1 saturated carbocycles. The van der Waals surface area contributed by atoms with Gasteiger partial charge < -0.3 is 14.4 Å². The highest BCUT2D eigenvalue weighted by Crippen LogP contribution is 2.53. The Labute approximate surface area is 91.3 Å². The number of carboxylic acids is 1. The molecule has 2 fully saturated rings. The molecular formula is C11H11NO4. The third kappa shape index (κ3) is 1.21. The van der Waals surface area contributed by atoms with Crippen LogP contribution < -0.4 is 5.56 Å². The number of fused-ring (bicyclic) bond motifs is 1. The predicted molar refractivity (Wildman–Crippen MR) is 54.5 cm³/mol. The van der Waals surface area contributed by atoms with Gasteiger partial charge >= 0.3 is 5.97 Å². The molecule has 0 aromatic carbocycles. The lowest BCUT2D eigenvalue weighted by Crippen LogP contribution is -2.26. The maximum atomic E-state index is 11.9. The number of nitrogens with zero attached hydrogens (tertiary/aromatic N) is 1. The van der Waals surface area contributed by atoms with Crippen LogP contribution in [-0.4, -0.2) is 28.9 Å². The standard InChI is InChI=1S/C11H11NO4/c13-10-6(11(14)15)2-1-3-12(10)9-7-4-16-5-8(7)9/h1-3,7-9H,4-5H2,(H,14,15)/t7-,8?,9?/m0/s1. The lowest BCUT2D eigenvalue weighted by molar-refractivity contribution is 0.0694. The molecule has 84 valence electrons. The van der Waals surface area contributed by atoms with E-state index in [2.05, 4.69) is 0 Å². The molecule has 0 spiro atoms. The largest absolute Gasteiger partial charge is 0.477 e. The van der Waals surface area contributed by atoms with E-state index < -0.39 is 11.5 Å². The van der Waals surface area contributed by atoms with Crippen molar-refractivity contribution in [3.63, 3.8) is 0 Å². The van der Waals surface area contributed by atoms with Crippen molar-refractivity contribution in [2.24, 2.45) is 11.8 Å². The Balaban J connectivity index is 2.00. The van der Waals surface area contributed by atoms with E-state index in [1.54, 1.807) is 16.8 Å². The number of rotatable bonds is 2. The van der Waals surface area contributed by atoms with Crippen molar-refractivity contribution in [1.29, 1.82) is 0 Å². The fourth-order valence-corrected chi connectivity index (χ4v) is 2.53. The number of aromatic carboxylic acids is 1. The van der Waals surface area contributed by atoms with Gasteiger partial charge in [0.1, 0.15) is 5.56 Å². The maximum absolute atomic E-state index is 11.9. The normalized spacial score (nSPS) is 31.1. The van der Waals surface area contributed by atoms with Gasteiger partial charge in [0.25, 0.3) is 5.56 Å². The Morgan fingerprint density at radius 1 is 1.44 bits per heavy atom. The highest BCUT2D eigenvalue weighted by atomic mass is 16.5. The average molecular weight is 221 g/mol. The Kier molecular flexibility index (Phi) is 1.91. The minimum Gasteiger partial charge on any atom is -0.477 e. The molecule has 1 aromatic rings. The third-order valence-corrected chi connectivity index (χ3v) is 3.43. The molecule has 2 aliphatic rings. The Morgan fingerprint density at radius 2 is 2.12 bits per heavy atom. The van der Waals surface area contributed by atoms with Crippen LogP contribution in [0.25, 0.3) is 0 Å². The van der Waals surface area contributed by atoms with E-state index in [0.29, 0.717) is 25.0 Å². The summed E-state index contributed by atoms with van der Waals surface area (Å²) in [5, 5.41) is 8.86. The van der Waals surface area contributed by atoms with Crippen LogP contribution in [-0.2, 0) is 4.74 Å². The fourth-order valence-electron chi connectivity index (χ4n) is 2.53. The first kappa shape index (κ1) is 9.59. The Bertz CT molecular complexity index is 497. The Morgan fingerprint density at radius 3 is 2.75 bits per heavy atom. The van der Waals surface area contributed by atoms with Crippen LogP contribution in [0.2, 0.25) is 0 Å². The van der Waals surface area contributed by atoms with Gasteiger partial charge in [-0.25, -0.2) is 4.79 Å². The smallest absolute Gasteiger partial charge is 0.341 e. The summed E-state index contributed by atoms with van der Waals surface area (Å²) in [7, 11) is 0. The van der Waals surface area contributed by atoms with Gasteiger partial charge in [-0.2, -0.15) is 0 Å². The molecule has 1 N–H and O–H groups in total. The van der Waals surface area contributed by atoms with Crippen LogP contribution in [0.1, 0.15) is 16.4 Å². The first-order valence-corrected chi connectivity index (χ1v) is 5.22. The summed E-state index contributed by atoms with van der Waals surface area (Å²) in [5.74, 6) is -0.384. The second-order valence-corrected chi connectivity index (χ2v) is 4.30. The summed E-state index contributed by atoms with van der Waals surface area (Å²) in [6, 6.07) is 3.09. The topological polar surface area (TPSA) is 68.5 Å². The number of ether oxygens (including phenoxy) is 1. The second kappa shape index (κ2) is 3.18. The van der Waals surface area contributed by atoms with Gasteiger partial charge in [-0.15, -0.1) is 0 Å². The highest BCUT2D eigenvalue weighted by molar-refractivity contribution is 5.87. The van der Waals surface area contributed by atoms with E-state index in [-0.39, 0.29) is 11.6 Å². The minimum atomic E-state index is -1.17. The summed E-state index contributed by atoms with van der Waals surface area (Å²) in [5.41, 5.74) is -0.567. The van der Waals surface area contributed by atoms with Crippen LogP contribution in [0, 0.1) is 11.8 Å². The van der Waals surface area contributed by atoms with Crippen LogP contribution in [0.5, 0.6) is 0 Å². The lowest BCUT2D eigenvalue weighted by atomic mass is 10.2. The molecule has 3 atom stereocenters. The molecule has 1 aliphatic carbocycles. The zero-order chi connectivity index (χ0) is 11.3. The van der Waals surface area contributed by atoms with E-state index in [9.17, 15) is 9.59 Å². The summed E-state index contributed by atoms with van der Waals surface area (Å²) in [6.07, 6.45) is 1.66. The molecule has 1 aromatic heterocycles. The Hall–Kier alpha value is -1.62. The zero-order valence-corrected chi connectivity index (χ0v) is 8.50. The van der Waals surface area contributed by atoms with Gasteiger partial charge in [0.05, 0.1) is 13.2 Å². The summed E-state index contributed by atoms with van der Waals surface area (Å²) in [4.78, 5) is 22.7. The van der Waals surface area contributed by atoms with Crippen molar-refractivity contribution >= 4 is 5.97 Å². The zero-order valence-electron chi connectivity index (χ0n) is 8.50. The highest BCUT2D eigenvalue weighted by Gasteiger charge is 2.55. The third-order valence-electron chi connectivity index (χ3n) is 3.43. The molecule has 16 heavy (non-hydrogen) atoms. The van der Waals surface area contributed by atoms with Crippen molar-refractivity contribution in [2.45, 2.75) is 6.04 Å². The van der Waals surface area contributed by atoms with Crippen LogP contribution >= 0.6 is 0 Å². The van der Waals surface area contributed by atoms with E-state index in [0.717, 1.165) is 0 Å². The van der Waals surface area contributed by atoms with Crippen molar-refractivity contribution in [3.05, 3.63) is 34.2 Å². The quantitative estimate of drug-likeness (QED) is 0.783. The number of carboxylic acid groups (broad SMARTS) is 1. The lowest BCUT2D eigenvalue weighted by Gasteiger charge is -2.08. The van der Waals surface area contributed by atoms with Crippen LogP contribution in [0.15, 0.2) is 23.1 Å². The van der Waals surface area contributed by atoms with Crippen molar-refractivity contribution in [3.8, 4) is 0 Å². The van der Waals surface area contributed by atoms with E-state index in [1.807, 2.05) is 0 Å². The molecule has 5 heteroatoms. The number of pyridine rings is 1. The molecule has 3 rings (SSSR count). The number of hydrogen-bond donors (Lipinski definition) is 1. The van der Waals surface area contributed by atoms with Gasteiger partial charge in [0, 0.05) is 24.1 Å². The monoisotopic (exact) mass is 221 g/mol. The first-order chi connectivity index (χ1) is 7.70. The fraction of sp³-hybridized carbons (Fsp3) is 0.455. The summed E-state index contributed by atoms with van der Waals surface area (Å²) >= 11 is 0. The molecule has 2 unspecified atom stereocenters. The van der Waals surface area contributed by atoms with E-state index in [4.69, 9.17) is 9.84 Å². The molecule has 1 saturated heterocycles. The van der Waals surface area contributed by atoms with Crippen molar-refractivity contribution < 1.29 is 14.6 Å². The molecule has 0 bridgehead atoms. The number of aromatic nitrogens is 1. The van der Waals surface area contributed by atoms with Crippen molar-refractivity contribution in [1.82, 2.24) is 4.57 Å². The summed E-state index contributed by atoms with van der Waals surface area (Å²) in [6.45, 7) is 1.36. The van der Waals surface area contributed by atoms with Gasteiger partial charge in [-0.05, 0) is 12.1 Å². The van der Waals surface area contributed by atoms with Gasteiger partial charge in [0.15, 0.2) is 0 Å². The van der Waals surface area contributed by atoms with E-state index in [1.165, 1.54) is 6.07 Å². The van der Waals surface area contributed by atoms with E-state index >= 15 is 0 Å². The van der Waals surface area contributed by atoms with Gasteiger partial charge in [-0.1, -0.05) is 0 Å². The SMILES string of the molecule is O=C(O)c1cccn(C2C3COC[C@@H]32)c1=O. The van der Waals surface area contributed by atoms with Gasteiger partial charge in [0.2, 0.25) is 0 Å². The number of hydrogen-bond acceptors (Lipinski definition) is 3. The molecule has 2 heterocycles. The second-order valence-electron chi connectivity index (χ2n) is 4.30. The molecule has 0 amide bonds. The minimum absolute atomic E-state index is 0.139. The molecular weight excluding hydrogens is 210 g/mol. The summed E-state index contributed by atoms with van der Waals surface area (Å²) < 4.78 is 6.79. The van der Waals surface area contributed by atoms with Crippen LogP contribution in [0.4, 0.5) is 0 Å². The maximum Gasteiger partial charge on any atom is 0.341 e. The van der Waals surface area contributed by atoms with Crippen LogP contribution in [0.3, 0.4) is 0 Å². The van der Waals surface area contributed by atoms with Crippen molar-refractivity contribution in [2.75, 3.05) is 13.2 Å². The molecule has 5 nitrogen and oxygen atoms in total. The average Bonchev–Trinajstić information content (AvgIpc) is 2.71.